The van der Waals surface area contributed by atoms with Crippen molar-refractivity contribution in [2.45, 2.75) is 33.0 Å². The standard InChI is InChI=1S/C15H17N5OS/c1-2-13-17-18-14-9-19(5-6-20(13)14)8-11-10-22-15(16-11)12-4-3-7-21-12/h3-4,7,10H,2,5-6,8-9H2,1H3. The van der Waals surface area contributed by atoms with Crippen molar-refractivity contribution in [3.63, 3.8) is 0 Å². The molecule has 1 aliphatic heterocycles. The number of hydrogen-bond acceptors (Lipinski definition) is 6. The van der Waals surface area contributed by atoms with Crippen LogP contribution in [0.2, 0.25) is 0 Å². The van der Waals surface area contributed by atoms with Gasteiger partial charge >= 0.3 is 0 Å². The van der Waals surface area contributed by atoms with Crippen LogP contribution in [0.15, 0.2) is 28.2 Å². The summed E-state index contributed by atoms with van der Waals surface area (Å²) in [5.74, 6) is 2.98. The maximum absolute atomic E-state index is 5.40. The van der Waals surface area contributed by atoms with Crippen LogP contribution in [-0.2, 0) is 26.1 Å². The first kappa shape index (κ1) is 13.7. The molecule has 114 valence electrons. The van der Waals surface area contributed by atoms with E-state index in [-0.39, 0.29) is 0 Å². The smallest absolute Gasteiger partial charge is 0.162 e. The third kappa shape index (κ3) is 2.46. The fourth-order valence-corrected chi connectivity index (χ4v) is 3.56. The monoisotopic (exact) mass is 315 g/mol. The zero-order valence-electron chi connectivity index (χ0n) is 12.4. The van der Waals surface area contributed by atoms with Gasteiger partial charge in [0, 0.05) is 31.4 Å². The Morgan fingerprint density at radius 3 is 3.09 bits per heavy atom. The molecule has 1 aliphatic rings. The zero-order valence-corrected chi connectivity index (χ0v) is 13.2. The first-order chi connectivity index (χ1) is 10.8. The second-order valence-corrected chi connectivity index (χ2v) is 6.23. The molecule has 4 heterocycles. The molecule has 6 nitrogen and oxygen atoms in total. The highest BCUT2D eigenvalue weighted by Crippen LogP contribution is 2.25. The summed E-state index contributed by atoms with van der Waals surface area (Å²) in [4.78, 5) is 7.03. The molecule has 0 radical (unpaired) electrons. The molecule has 0 unspecified atom stereocenters. The molecule has 0 saturated heterocycles. The van der Waals surface area contributed by atoms with E-state index >= 15 is 0 Å². The van der Waals surface area contributed by atoms with Crippen LogP contribution in [-0.4, -0.2) is 31.2 Å². The van der Waals surface area contributed by atoms with Gasteiger partial charge in [0.2, 0.25) is 0 Å². The van der Waals surface area contributed by atoms with Crippen molar-refractivity contribution in [3.8, 4) is 10.8 Å². The van der Waals surface area contributed by atoms with Gasteiger partial charge in [-0.05, 0) is 12.1 Å². The van der Waals surface area contributed by atoms with Gasteiger partial charge in [-0.1, -0.05) is 6.92 Å². The van der Waals surface area contributed by atoms with Gasteiger partial charge in [-0.2, -0.15) is 0 Å². The topological polar surface area (TPSA) is 60.0 Å². The van der Waals surface area contributed by atoms with Crippen molar-refractivity contribution in [2.75, 3.05) is 6.54 Å². The zero-order chi connectivity index (χ0) is 14.9. The Balaban J connectivity index is 1.46. The van der Waals surface area contributed by atoms with E-state index in [1.807, 2.05) is 12.1 Å². The van der Waals surface area contributed by atoms with Crippen molar-refractivity contribution >= 4 is 11.3 Å². The van der Waals surface area contributed by atoms with Crippen molar-refractivity contribution in [1.82, 2.24) is 24.6 Å². The fourth-order valence-electron chi connectivity index (χ4n) is 2.79. The van der Waals surface area contributed by atoms with Gasteiger partial charge in [0.15, 0.2) is 10.8 Å². The van der Waals surface area contributed by atoms with E-state index in [9.17, 15) is 0 Å². The lowest BCUT2D eigenvalue weighted by Gasteiger charge is -2.26. The Bertz CT molecular complexity index is 761. The average Bonchev–Trinajstić information content (AvgIpc) is 3.27. The van der Waals surface area contributed by atoms with E-state index in [1.165, 1.54) is 0 Å². The van der Waals surface area contributed by atoms with Crippen molar-refractivity contribution in [1.29, 1.82) is 0 Å². The first-order valence-electron chi connectivity index (χ1n) is 7.45. The molecule has 3 aromatic rings. The molecule has 0 fully saturated rings. The Labute approximate surface area is 132 Å². The molecule has 4 rings (SSSR count). The number of rotatable bonds is 4. The predicted molar refractivity (Wildman–Crippen MR) is 83.3 cm³/mol. The molecule has 0 aromatic carbocycles. The fraction of sp³-hybridized carbons (Fsp3) is 0.400. The van der Waals surface area contributed by atoms with E-state index in [4.69, 9.17) is 4.42 Å². The van der Waals surface area contributed by atoms with E-state index in [0.29, 0.717) is 0 Å². The normalized spacial score (nSPS) is 15.1. The van der Waals surface area contributed by atoms with Gasteiger partial charge in [-0.25, -0.2) is 4.98 Å². The maximum atomic E-state index is 5.40. The number of hydrogen-bond donors (Lipinski definition) is 0. The predicted octanol–water partition coefficient (Wildman–Crippen LogP) is 2.57. The van der Waals surface area contributed by atoms with Gasteiger partial charge in [-0.15, -0.1) is 21.5 Å². The summed E-state index contributed by atoms with van der Waals surface area (Å²) in [7, 11) is 0. The van der Waals surface area contributed by atoms with Crippen LogP contribution in [0.1, 0.15) is 24.3 Å². The average molecular weight is 315 g/mol. The van der Waals surface area contributed by atoms with Crippen LogP contribution in [0.25, 0.3) is 10.8 Å². The largest absolute Gasteiger partial charge is 0.462 e. The van der Waals surface area contributed by atoms with Crippen molar-refractivity contribution in [3.05, 3.63) is 41.1 Å². The minimum atomic E-state index is 0.834. The van der Waals surface area contributed by atoms with Crippen molar-refractivity contribution < 1.29 is 4.42 Å². The Morgan fingerprint density at radius 1 is 1.32 bits per heavy atom. The Kier molecular flexibility index (Phi) is 3.51. The molecule has 0 saturated carbocycles. The maximum Gasteiger partial charge on any atom is 0.162 e. The molecular formula is C15H17N5OS. The van der Waals surface area contributed by atoms with Gasteiger partial charge in [-0.3, -0.25) is 4.90 Å². The van der Waals surface area contributed by atoms with Crippen LogP contribution >= 0.6 is 11.3 Å². The van der Waals surface area contributed by atoms with Crippen molar-refractivity contribution in [2.24, 2.45) is 0 Å². The summed E-state index contributed by atoms with van der Waals surface area (Å²) in [5, 5.41) is 11.6. The van der Waals surface area contributed by atoms with Crippen LogP contribution in [0, 0.1) is 0 Å². The summed E-state index contributed by atoms with van der Waals surface area (Å²) in [6.07, 6.45) is 2.62. The molecule has 0 bridgehead atoms. The summed E-state index contributed by atoms with van der Waals surface area (Å²) >= 11 is 1.62. The molecule has 0 atom stereocenters. The molecule has 3 aromatic heterocycles. The quantitative estimate of drug-likeness (QED) is 0.740. The number of fused-ring (bicyclic) bond motifs is 1. The highest BCUT2D eigenvalue weighted by Gasteiger charge is 2.21. The lowest BCUT2D eigenvalue weighted by atomic mass is 10.3. The van der Waals surface area contributed by atoms with Crippen LogP contribution in [0.3, 0.4) is 0 Å². The molecule has 7 heteroatoms. The van der Waals surface area contributed by atoms with Crippen LogP contribution < -0.4 is 0 Å². The Morgan fingerprint density at radius 2 is 2.27 bits per heavy atom. The third-order valence-corrected chi connectivity index (χ3v) is 4.80. The van der Waals surface area contributed by atoms with Crippen LogP contribution in [0.5, 0.6) is 0 Å². The summed E-state index contributed by atoms with van der Waals surface area (Å²) in [5.41, 5.74) is 1.08. The lowest BCUT2D eigenvalue weighted by Crippen LogP contribution is -2.34. The number of thiazole rings is 1. The number of furan rings is 1. The number of aromatic nitrogens is 4. The molecule has 22 heavy (non-hydrogen) atoms. The molecular weight excluding hydrogens is 298 g/mol. The SMILES string of the molecule is CCc1nnc2n1CCN(Cc1csc(-c3ccco3)n1)C2. The van der Waals surface area contributed by atoms with Gasteiger partial charge in [0.05, 0.1) is 18.5 Å². The number of aryl methyl sites for hydroxylation is 1. The summed E-state index contributed by atoms with van der Waals surface area (Å²) in [6, 6.07) is 3.83. The summed E-state index contributed by atoms with van der Waals surface area (Å²) in [6.45, 7) is 5.76. The van der Waals surface area contributed by atoms with Gasteiger partial charge in [0.25, 0.3) is 0 Å². The van der Waals surface area contributed by atoms with E-state index in [1.54, 1.807) is 17.6 Å². The molecule has 0 spiro atoms. The second-order valence-electron chi connectivity index (χ2n) is 5.37. The third-order valence-electron chi connectivity index (χ3n) is 3.89. The van der Waals surface area contributed by atoms with Gasteiger partial charge < -0.3 is 8.98 Å². The van der Waals surface area contributed by atoms with E-state index in [2.05, 4.69) is 37.0 Å². The van der Waals surface area contributed by atoms with Crippen LogP contribution in [0.4, 0.5) is 0 Å². The minimum Gasteiger partial charge on any atom is -0.462 e. The highest BCUT2D eigenvalue weighted by atomic mass is 32.1. The first-order valence-corrected chi connectivity index (χ1v) is 8.33. The van der Waals surface area contributed by atoms with E-state index < -0.39 is 0 Å². The highest BCUT2D eigenvalue weighted by molar-refractivity contribution is 7.13. The molecule has 0 amide bonds. The van der Waals surface area contributed by atoms with Gasteiger partial charge in [0.1, 0.15) is 11.6 Å². The van der Waals surface area contributed by atoms with E-state index in [0.717, 1.165) is 60.7 Å². The number of nitrogens with zero attached hydrogens (tertiary/aromatic N) is 5. The molecule has 0 N–H and O–H groups in total. The summed E-state index contributed by atoms with van der Waals surface area (Å²) < 4.78 is 7.64. The lowest BCUT2D eigenvalue weighted by molar-refractivity contribution is 0.205. The Hall–Kier alpha value is -1.99. The minimum absolute atomic E-state index is 0.834. The second kappa shape index (κ2) is 5.66. The molecule has 0 aliphatic carbocycles.